The van der Waals surface area contributed by atoms with Gasteiger partial charge in [-0.2, -0.15) is 0 Å². The second-order valence-electron chi connectivity index (χ2n) is 13.5. The van der Waals surface area contributed by atoms with Crippen LogP contribution >= 0.6 is 22.6 Å². The minimum absolute atomic E-state index is 0.759. The number of nitrogens with zero attached hydrogens (tertiary/aromatic N) is 2. The maximum atomic E-state index is 5.54. The molecule has 0 amide bonds. The SMILES string of the molecule is Cc1c(N)cccc1N.Cc1ccccc1I.Cc1ccccc1N(c1ccccc1C)c1cccc(N(c2ccccc2C)c2ccccc2C)c1C. The molecule has 5 heteroatoms. The second-order valence-corrected chi connectivity index (χ2v) is 14.7. The van der Waals surface area contributed by atoms with E-state index in [1.54, 1.807) is 0 Å². The number of halogens is 1. The van der Waals surface area contributed by atoms with Crippen molar-refractivity contribution >= 4 is 68.1 Å². The highest BCUT2D eigenvalue weighted by Gasteiger charge is 2.23. The van der Waals surface area contributed by atoms with E-state index in [2.05, 4.69) is 213 Å². The van der Waals surface area contributed by atoms with Crippen molar-refractivity contribution < 1.29 is 0 Å². The van der Waals surface area contributed by atoms with Crippen LogP contribution in [0.2, 0.25) is 0 Å². The Morgan fingerprint density at radius 1 is 0.315 bits per heavy atom. The van der Waals surface area contributed by atoms with Gasteiger partial charge >= 0.3 is 0 Å². The molecule has 7 aromatic carbocycles. The lowest BCUT2D eigenvalue weighted by atomic mass is 10.0. The quantitative estimate of drug-likeness (QED) is 0.130. The molecule has 0 aliphatic carbocycles. The predicted molar refractivity (Wildman–Crippen MR) is 243 cm³/mol. The van der Waals surface area contributed by atoms with Crippen molar-refractivity contribution in [3.8, 4) is 0 Å². The molecule has 0 atom stereocenters. The van der Waals surface area contributed by atoms with E-state index >= 15 is 0 Å². The third-order valence-electron chi connectivity index (χ3n) is 9.68. The summed E-state index contributed by atoms with van der Waals surface area (Å²) in [4.78, 5) is 4.83. The third-order valence-corrected chi connectivity index (χ3v) is 10.9. The van der Waals surface area contributed by atoms with Crippen LogP contribution in [0.3, 0.4) is 0 Å². The van der Waals surface area contributed by atoms with E-state index in [1.807, 2.05) is 25.1 Å². The van der Waals surface area contributed by atoms with Gasteiger partial charge in [-0.1, -0.05) is 103 Å². The molecule has 0 bridgehead atoms. The normalized spacial score (nSPS) is 10.4. The molecule has 4 N–H and O–H groups in total. The smallest absolute Gasteiger partial charge is 0.0511 e. The lowest BCUT2D eigenvalue weighted by Gasteiger charge is -2.34. The third kappa shape index (κ3) is 9.33. The molecule has 274 valence electrons. The van der Waals surface area contributed by atoms with Gasteiger partial charge in [0, 0.05) is 37.7 Å². The fourth-order valence-corrected chi connectivity index (χ4v) is 6.74. The van der Waals surface area contributed by atoms with Crippen molar-refractivity contribution in [2.24, 2.45) is 0 Å². The first kappa shape index (κ1) is 39.7. The number of para-hydroxylation sites is 4. The molecule has 0 radical (unpaired) electrons. The molecule has 54 heavy (non-hydrogen) atoms. The van der Waals surface area contributed by atoms with Gasteiger partial charge in [0.1, 0.15) is 0 Å². The van der Waals surface area contributed by atoms with Gasteiger partial charge < -0.3 is 21.3 Å². The van der Waals surface area contributed by atoms with Crippen LogP contribution in [0, 0.1) is 52.0 Å². The molecule has 0 saturated carbocycles. The van der Waals surface area contributed by atoms with Gasteiger partial charge in [-0.15, -0.1) is 0 Å². The predicted octanol–water partition coefficient (Wildman–Crippen LogP) is 13.9. The summed E-state index contributed by atoms with van der Waals surface area (Å²) < 4.78 is 1.34. The molecule has 0 fully saturated rings. The number of hydrogen-bond acceptors (Lipinski definition) is 4. The minimum Gasteiger partial charge on any atom is -0.398 e. The van der Waals surface area contributed by atoms with E-state index in [9.17, 15) is 0 Å². The second kappa shape index (κ2) is 18.5. The summed E-state index contributed by atoms with van der Waals surface area (Å²) in [5.74, 6) is 0. The molecule has 0 heterocycles. The number of nitrogens with two attached hydrogens (primary N) is 2. The van der Waals surface area contributed by atoms with Crippen LogP contribution < -0.4 is 21.3 Å². The number of hydrogen-bond donors (Lipinski definition) is 2. The lowest BCUT2D eigenvalue weighted by Crippen LogP contribution is -2.17. The van der Waals surface area contributed by atoms with Gasteiger partial charge in [0.2, 0.25) is 0 Å². The van der Waals surface area contributed by atoms with Crippen molar-refractivity contribution in [3.05, 3.63) is 200 Å². The summed E-state index contributed by atoms with van der Waals surface area (Å²) in [7, 11) is 0. The Hall–Kier alpha value is -5.53. The summed E-state index contributed by atoms with van der Waals surface area (Å²) in [5, 5.41) is 0. The topological polar surface area (TPSA) is 58.5 Å². The Bertz CT molecular complexity index is 2080. The monoisotopic (exact) mass is 822 g/mol. The molecule has 0 aliphatic heterocycles. The summed E-state index contributed by atoms with van der Waals surface area (Å²) in [6.45, 7) is 15.0. The number of nitrogen functional groups attached to an aromatic ring is 2. The zero-order valence-corrected chi connectivity index (χ0v) is 34.6. The van der Waals surface area contributed by atoms with E-state index in [0.29, 0.717) is 0 Å². The summed E-state index contributed by atoms with van der Waals surface area (Å²) in [6, 6.07) is 55.1. The van der Waals surface area contributed by atoms with E-state index in [0.717, 1.165) is 16.9 Å². The van der Waals surface area contributed by atoms with Crippen molar-refractivity contribution in [2.75, 3.05) is 21.3 Å². The first-order valence-electron chi connectivity index (χ1n) is 18.2. The van der Waals surface area contributed by atoms with Gasteiger partial charge in [-0.05, 0) is 165 Å². The molecular weight excluding hydrogens is 771 g/mol. The fraction of sp³-hybridized carbons (Fsp3) is 0.143. The Kier molecular flexibility index (Phi) is 13.6. The Morgan fingerprint density at radius 3 is 0.870 bits per heavy atom. The maximum absolute atomic E-state index is 5.54. The van der Waals surface area contributed by atoms with Crippen LogP contribution in [0.1, 0.15) is 38.9 Å². The van der Waals surface area contributed by atoms with Crippen LogP contribution in [-0.2, 0) is 0 Å². The van der Waals surface area contributed by atoms with Crippen molar-refractivity contribution in [2.45, 2.75) is 48.5 Å². The first-order chi connectivity index (χ1) is 26.0. The molecule has 0 unspecified atom stereocenters. The molecule has 0 spiro atoms. The van der Waals surface area contributed by atoms with Gasteiger partial charge in [0.25, 0.3) is 0 Å². The Balaban J connectivity index is 0.000000269. The Labute approximate surface area is 336 Å². The molecule has 0 saturated heterocycles. The molecular formula is C49H51IN4. The summed E-state index contributed by atoms with van der Waals surface area (Å²) in [5.41, 5.74) is 28.2. The van der Waals surface area contributed by atoms with Crippen LogP contribution in [-0.4, -0.2) is 0 Å². The zero-order valence-electron chi connectivity index (χ0n) is 32.4. The lowest BCUT2D eigenvalue weighted by molar-refractivity contribution is 1.17. The molecule has 4 nitrogen and oxygen atoms in total. The average Bonchev–Trinajstić information content (AvgIpc) is 3.16. The van der Waals surface area contributed by atoms with Crippen molar-refractivity contribution in [3.63, 3.8) is 0 Å². The highest BCUT2D eigenvalue weighted by atomic mass is 127. The number of aryl methyl sites for hydroxylation is 5. The van der Waals surface area contributed by atoms with E-state index in [-0.39, 0.29) is 0 Å². The molecule has 0 aromatic heterocycles. The minimum atomic E-state index is 0.759. The Morgan fingerprint density at radius 2 is 0.593 bits per heavy atom. The van der Waals surface area contributed by atoms with Crippen molar-refractivity contribution in [1.82, 2.24) is 0 Å². The first-order valence-corrected chi connectivity index (χ1v) is 19.3. The van der Waals surface area contributed by atoms with Gasteiger partial charge in [-0.25, -0.2) is 0 Å². The van der Waals surface area contributed by atoms with E-state index in [4.69, 9.17) is 11.5 Å². The molecule has 7 rings (SSSR count). The van der Waals surface area contributed by atoms with Crippen LogP contribution in [0.25, 0.3) is 0 Å². The van der Waals surface area contributed by atoms with E-state index in [1.165, 1.54) is 71.1 Å². The van der Waals surface area contributed by atoms with E-state index < -0.39 is 0 Å². The van der Waals surface area contributed by atoms with Crippen molar-refractivity contribution in [1.29, 1.82) is 0 Å². The average molecular weight is 823 g/mol. The highest BCUT2D eigenvalue weighted by molar-refractivity contribution is 14.1. The molecule has 0 aliphatic rings. The fourth-order valence-electron chi connectivity index (χ4n) is 6.36. The summed E-state index contributed by atoms with van der Waals surface area (Å²) in [6.07, 6.45) is 0. The van der Waals surface area contributed by atoms with Crippen LogP contribution in [0.4, 0.5) is 45.5 Å². The van der Waals surface area contributed by atoms with Gasteiger partial charge in [-0.3, -0.25) is 0 Å². The zero-order chi connectivity index (χ0) is 38.8. The standard InChI is InChI=1S/C35H34N2.C7H7I.C7H10N2/c1-25-15-6-10-19-30(25)36(31-20-11-7-16-26(31)2)34-23-14-24-35(29(34)5)37(32-21-12-8-17-27(32)3)33-22-13-9-18-28(33)4;1-6-4-2-3-5-7(6)8;1-5-6(8)3-2-4-7(5)9/h6-24H,1-5H3;2-5H,1H3;2-4H,8-9H2,1H3. The summed E-state index contributed by atoms with van der Waals surface area (Å²) >= 11 is 2.32. The van der Waals surface area contributed by atoms with Crippen LogP contribution in [0.5, 0.6) is 0 Å². The number of anilines is 8. The van der Waals surface area contributed by atoms with Crippen LogP contribution in [0.15, 0.2) is 158 Å². The highest BCUT2D eigenvalue weighted by Crippen LogP contribution is 2.46. The van der Waals surface area contributed by atoms with Gasteiger partial charge in [0.15, 0.2) is 0 Å². The number of benzene rings is 7. The van der Waals surface area contributed by atoms with Gasteiger partial charge in [0.05, 0.1) is 11.4 Å². The molecule has 7 aromatic rings. The maximum Gasteiger partial charge on any atom is 0.0511 e. The number of rotatable bonds is 6. The largest absolute Gasteiger partial charge is 0.398 e.